The van der Waals surface area contributed by atoms with E-state index >= 15 is 0 Å². The molecule has 2 fully saturated rings. The Bertz CT molecular complexity index is 897. The van der Waals surface area contributed by atoms with Gasteiger partial charge in [0.2, 0.25) is 0 Å². The molecule has 2 aromatic heterocycles. The van der Waals surface area contributed by atoms with Gasteiger partial charge in [-0.2, -0.15) is 0 Å². The molecule has 1 unspecified atom stereocenters. The van der Waals surface area contributed by atoms with Crippen molar-refractivity contribution in [3.8, 4) is 0 Å². The molecular weight excluding hydrogens is 466 g/mol. The Morgan fingerprint density at radius 3 is 2.46 bits per heavy atom. The predicted molar refractivity (Wildman–Crippen MR) is 111 cm³/mol. The molecule has 2 aromatic rings. The van der Waals surface area contributed by atoms with Crippen LogP contribution in [0.15, 0.2) is 24.3 Å². The van der Waals surface area contributed by atoms with Crippen LogP contribution in [-0.2, 0) is 0 Å². The number of aromatic nitrogens is 2. The maximum absolute atomic E-state index is 13.2. The first-order valence-electron chi connectivity index (χ1n) is 9.91. The molecule has 2 aliphatic rings. The van der Waals surface area contributed by atoms with Crippen LogP contribution in [0, 0.1) is 0 Å². The third-order valence-corrected chi connectivity index (χ3v) is 11.0. The molecule has 150 valence electrons. The zero-order valence-corrected chi connectivity index (χ0v) is 19.5. The molecule has 0 aromatic carbocycles. The second-order valence-corrected chi connectivity index (χ2v) is 23.3. The fourth-order valence-electron chi connectivity index (χ4n) is 4.13. The number of hydrogen-bond donors (Lipinski definition) is 1. The summed E-state index contributed by atoms with van der Waals surface area (Å²) in [4.78, 5) is 31.9. The molecule has 0 bridgehead atoms. The van der Waals surface area contributed by atoms with Gasteiger partial charge in [0.05, 0.1) is 0 Å². The number of nitrogens with zero attached hydrogens (tertiary/aromatic N) is 4. The quantitative estimate of drug-likeness (QED) is 0.663. The summed E-state index contributed by atoms with van der Waals surface area (Å²) >= 11 is -2.22. The number of carboxylic acid groups (broad SMARTS) is 1. The van der Waals surface area contributed by atoms with Crippen molar-refractivity contribution in [1.29, 1.82) is 0 Å². The van der Waals surface area contributed by atoms with Crippen LogP contribution < -0.4 is 8.61 Å². The van der Waals surface area contributed by atoms with Gasteiger partial charge in [0, 0.05) is 0 Å². The first-order chi connectivity index (χ1) is 13.2. The number of amides is 1. The SMILES string of the molecule is [CH3][Sn]([CH3])([CH3])[c]1ccc2nc(N3CCC(N(C(=O)O)C4CC(F)C4)C3)ccc2n1. The van der Waals surface area contributed by atoms with E-state index in [1.54, 1.807) is 0 Å². The van der Waals surface area contributed by atoms with Crippen LogP contribution in [0.1, 0.15) is 19.3 Å². The summed E-state index contributed by atoms with van der Waals surface area (Å²) in [5.74, 6) is 0.853. The summed E-state index contributed by atoms with van der Waals surface area (Å²) in [6, 6.07) is 7.86. The van der Waals surface area contributed by atoms with Crippen molar-refractivity contribution in [2.45, 2.75) is 52.3 Å². The van der Waals surface area contributed by atoms with Gasteiger partial charge in [0.1, 0.15) is 6.17 Å². The summed E-state index contributed by atoms with van der Waals surface area (Å²) in [6.07, 6.45) is -0.412. The summed E-state index contributed by atoms with van der Waals surface area (Å²) < 4.78 is 14.5. The number of alkyl halides is 1. The molecule has 6 nitrogen and oxygen atoms in total. The monoisotopic (exact) mass is 494 g/mol. The van der Waals surface area contributed by atoms with Gasteiger partial charge >= 0.3 is 158 Å². The fourth-order valence-corrected chi connectivity index (χ4v) is 7.09. The van der Waals surface area contributed by atoms with Gasteiger partial charge in [-0.25, -0.2) is 4.39 Å². The second-order valence-electron chi connectivity index (χ2n) is 8.96. The van der Waals surface area contributed by atoms with Gasteiger partial charge in [-0.3, -0.25) is 0 Å². The molecule has 0 spiro atoms. The topological polar surface area (TPSA) is 69.6 Å². The van der Waals surface area contributed by atoms with E-state index in [0.717, 1.165) is 29.8 Å². The van der Waals surface area contributed by atoms with Crippen molar-refractivity contribution in [1.82, 2.24) is 14.9 Å². The van der Waals surface area contributed by atoms with Crippen LogP contribution in [0.4, 0.5) is 15.0 Å². The minimum atomic E-state index is -2.22. The molecule has 1 atom stereocenters. The number of anilines is 1. The number of halogens is 1. The van der Waals surface area contributed by atoms with Gasteiger partial charge in [-0.15, -0.1) is 0 Å². The first kappa shape index (κ1) is 19.7. The average molecular weight is 493 g/mol. The van der Waals surface area contributed by atoms with Crippen LogP contribution in [0.3, 0.4) is 0 Å². The number of pyridine rings is 2. The number of rotatable bonds is 4. The van der Waals surface area contributed by atoms with Crippen molar-refractivity contribution in [3.63, 3.8) is 0 Å². The van der Waals surface area contributed by atoms with Gasteiger partial charge in [0.25, 0.3) is 0 Å². The standard InChI is InChI=1S/C17H18FN4O2.3CH3.Sn/c18-11-8-13(9-11)22(17(23)24)12-5-7-21(10-12)16-4-3-14-15(20-16)2-1-6-19-14;;;;/h1-4,11-13H,5,7-10H2,(H,23,24);3*1H3;. The molecule has 1 N–H and O–H groups in total. The van der Waals surface area contributed by atoms with E-state index in [1.807, 2.05) is 12.1 Å². The zero-order chi connectivity index (χ0) is 20.1. The van der Waals surface area contributed by atoms with E-state index in [9.17, 15) is 14.3 Å². The third-order valence-electron chi connectivity index (χ3n) is 5.85. The molecule has 1 amide bonds. The molecule has 0 radical (unpaired) electrons. The van der Waals surface area contributed by atoms with Crippen molar-refractivity contribution in [2.75, 3.05) is 18.0 Å². The molecule has 1 aliphatic carbocycles. The van der Waals surface area contributed by atoms with E-state index in [2.05, 4.69) is 31.9 Å². The Kier molecular flexibility index (Phi) is 5.14. The molecular formula is C20H27FN4O2Sn. The number of carbonyl (C=O) groups is 1. The summed E-state index contributed by atoms with van der Waals surface area (Å²) in [5.41, 5.74) is 1.79. The predicted octanol–water partition coefficient (Wildman–Crippen LogP) is 3.23. The molecule has 4 rings (SSSR count). The first-order valence-corrected chi connectivity index (χ1v) is 19.9. The summed E-state index contributed by atoms with van der Waals surface area (Å²) in [6.45, 7) is 1.35. The van der Waals surface area contributed by atoms with Crippen molar-refractivity contribution < 1.29 is 14.3 Å². The Hall–Kier alpha value is -1.64. The van der Waals surface area contributed by atoms with E-state index < -0.39 is 30.6 Å². The van der Waals surface area contributed by atoms with E-state index in [4.69, 9.17) is 9.97 Å². The third kappa shape index (κ3) is 3.77. The van der Waals surface area contributed by atoms with Crippen molar-refractivity contribution in [2.24, 2.45) is 0 Å². The van der Waals surface area contributed by atoms with Crippen LogP contribution in [-0.4, -0.2) is 75.8 Å². The van der Waals surface area contributed by atoms with Gasteiger partial charge in [0.15, 0.2) is 0 Å². The number of fused-ring (bicyclic) bond motifs is 1. The Morgan fingerprint density at radius 2 is 1.82 bits per heavy atom. The normalized spacial score (nSPS) is 25.0. The van der Waals surface area contributed by atoms with Crippen LogP contribution in [0.25, 0.3) is 11.0 Å². The van der Waals surface area contributed by atoms with Gasteiger partial charge in [-0.05, 0) is 0 Å². The zero-order valence-electron chi connectivity index (χ0n) is 16.6. The molecule has 3 heterocycles. The van der Waals surface area contributed by atoms with Crippen LogP contribution >= 0.6 is 0 Å². The maximum atomic E-state index is 13.2. The molecule has 28 heavy (non-hydrogen) atoms. The molecule has 1 saturated heterocycles. The second kappa shape index (κ2) is 7.31. The average Bonchev–Trinajstić information content (AvgIpc) is 3.08. The van der Waals surface area contributed by atoms with E-state index in [-0.39, 0.29) is 12.1 Å². The van der Waals surface area contributed by atoms with Crippen molar-refractivity contribution in [3.05, 3.63) is 24.3 Å². The summed E-state index contributed by atoms with van der Waals surface area (Å²) in [5, 5.41) is 9.61. The Morgan fingerprint density at radius 1 is 1.14 bits per heavy atom. The number of hydrogen-bond acceptors (Lipinski definition) is 4. The van der Waals surface area contributed by atoms with Crippen LogP contribution in [0.5, 0.6) is 0 Å². The van der Waals surface area contributed by atoms with E-state index in [1.165, 1.54) is 8.61 Å². The van der Waals surface area contributed by atoms with Gasteiger partial charge in [-0.1, -0.05) is 0 Å². The Labute approximate surface area is 168 Å². The molecule has 1 aliphatic heterocycles. The fraction of sp³-hybridized carbons (Fsp3) is 0.550. The minimum absolute atomic E-state index is 0.108. The van der Waals surface area contributed by atoms with Crippen LogP contribution in [0.2, 0.25) is 14.8 Å². The Balaban J connectivity index is 1.52. The molecule has 8 heteroatoms. The molecule has 1 saturated carbocycles. The van der Waals surface area contributed by atoms with E-state index in [0.29, 0.717) is 19.4 Å². The van der Waals surface area contributed by atoms with Gasteiger partial charge < -0.3 is 0 Å². The summed E-state index contributed by atoms with van der Waals surface area (Å²) in [7, 11) is 0. The van der Waals surface area contributed by atoms with Crippen molar-refractivity contribution >= 4 is 45.0 Å².